The summed E-state index contributed by atoms with van der Waals surface area (Å²) in [6.07, 6.45) is 0. The van der Waals surface area contributed by atoms with Crippen molar-refractivity contribution in [2.75, 3.05) is 0 Å². The lowest BCUT2D eigenvalue weighted by molar-refractivity contribution is -0.0517. The monoisotopic (exact) mass is 298 g/mol. The van der Waals surface area contributed by atoms with E-state index in [0.717, 1.165) is 0 Å². The van der Waals surface area contributed by atoms with Crippen LogP contribution in [0.3, 0.4) is 0 Å². The van der Waals surface area contributed by atoms with Crippen molar-refractivity contribution in [1.82, 2.24) is 0 Å². The van der Waals surface area contributed by atoms with Crippen molar-refractivity contribution in [1.29, 1.82) is 0 Å². The van der Waals surface area contributed by atoms with Gasteiger partial charge in [0.1, 0.15) is 10.6 Å². The molecule has 0 aliphatic rings. The molecule has 0 saturated heterocycles. The molecule has 0 heterocycles. The summed E-state index contributed by atoms with van der Waals surface area (Å²) in [7, 11) is 1.07. The van der Waals surface area contributed by atoms with Crippen LogP contribution in [0.4, 0.5) is 8.78 Å². The Morgan fingerprint density at radius 2 is 1.83 bits per heavy atom. The average Bonchev–Trinajstić information content (AvgIpc) is 2.13. The molecule has 0 fully saturated rings. The fourth-order valence-electron chi connectivity index (χ4n) is 1.36. The van der Waals surface area contributed by atoms with Gasteiger partial charge in [0.2, 0.25) is 0 Å². The summed E-state index contributed by atoms with van der Waals surface area (Å²) < 4.78 is 51.2. The molecule has 18 heavy (non-hydrogen) atoms. The molecular formula is C11H13ClF2O3S. The highest BCUT2D eigenvalue weighted by molar-refractivity contribution is 8.13. The molecule has 0 aromatic heterocycles. The molecule has 1 aromatic carbocycles. The minimum atomic E-state index is -4.15. The molecule has 0 atom stereocenters. The van der Waals surface area contributed by atoms with Crippen molar-refractivity contribution in [3.8, 4) is 5.75 Å². The van der Waals surface area contributed by atoms with Gasteiger partial charge in [-0.1, -0.05) is 26.8 Å². The summed E-state index contributed by atoms with van der Waals surface area (Å²) in [5.41, 5.74) is 0.322. The minimum absolute atomic E-state index is 0.334. The van der Waals surface area contributed by atoms with E-state index in [9.17, 15) is 17.2 Å². The van der Waals surface area contributed by atoms with E-state index in [4.69, 9.17) is 10.7 Å². The molecule has 3 nitrogen and oxygen atoms in total. The van der Waals surface area contributed by atoms with Crippen LogP contribution < -0.4 is 4.74 Å². The van der Waals surface area contributed by atoms with Crippen LogP contribution in [0.5, 0.6) is 5.75 Å². The highest BCUT2D eigenvalue weighted by Crippen LogP contribution is 2.33. The molecule has 0 spiro atoms. The lowest BCUT2D eigenvalue weighted by atomic mass is 9.87. The largest absolute Gasteiger partial charge is 0.433 e. The number of ether oxygens (including phenoxy) is 1. The normalized spacial score (nSPS) is 12.8. The maximum Gasteiger partial charge on any atom is 0.387 e. The van der Waals surface area contributed by atoms with Gasteiger partial charge in [-0.2, -0.15) is 8.78 Å². The summed E-state index contributed by atoms with van der Waals surface area (Å²) in [6.45, 7) is 2.48. The van der Waals surface area contributed by atoms with E-state index in [-0.39, 0.29) is 5.41 Å². The molecule has 0 radical (unpaired) electrons. The molecule has 7 heteroatoms. The molecule has 0 N–H and O–H groups in total. The van der Waals surface area contributed by atoms with E-state index in [1.807, 2.05) is 20.8 Å². The summed E-state index contributed by atoms with van der Waals surface area (Å²) in [5.74, 6) is -0.451. The third kappa shape index (κ3) is 3.81. The second-order valence-corrected chi connectivity index (χ2v) is 7.26. The smallest absolute Gasteiger partial charge is 0.387 e. The Hall–Kier alpha value is -0.880. The van der Waals surface area contributed by atoms with Crippen LogP contribution in [0.2, 0.25) is 0 Å². The van der Waals surface area contributed by atoms with Crippen molar-refractivity contribution in [2.45, 2.75) is 37.7 Å². The second kappa shape index (κ2) is 5.01. The Bertz CT molecular complexity index is 536. The zero-order valence-corrected chi connectivity index (χ0v) is 11.6. The summed E-state index contributed by atoms with van der Waals surface area (Å²) in [4.78, 5) is -0.447. The number of alkyl halides is 2. The topological polar surface area (TPSA) is 43.4 Å². The third-order valence-corrected chi connectivity index (χ3v) is 3.63. The molecule has 0 amide bonds. The van der Waals surface area contributed by atoms with Gasteiger partial charge in [0.15, 0.2) is 0 Å². The minimum Gasteiger partial charge on any atom is -0.433 e. The lowest BCUT2D eigenvalue weighted by Gasteiger charge is -2.20. The van der Waals surface area contributed by atoms with E-state index in [0.29, 0.717) is 5.56 Å². The van der Waals surface area contributed by atoms with Gasteiger partial charge in [-0.05, 0) is 23.1 Å². The Morgan fingerprint density at radius 1 is 1.28 bits per heavy atom. The van der Waals surface area contributed by atoms with Crippen LogP contribution in [0.15, 0.2) is 23.1 Å². The van der Waals surface area contributed by atoms with Crippen molar-refractivity contribution in [3.63, 3.8) is 0 Å². The van der Waals surface area contributed by atoms with Crippen molar-refractivity contribution in [3.05, 3.63) is 23.8 Å². The summed E-state index contributed by atoms with van der Waals surface area (Å²) in [5, 5.41) is 0. The van der Waals surface area contributed by atoms with Crippen molar-refractivity contribution >= 4 is 19.7 Å². The summed E-state index contributed by atoms with van der Waals surface area (Å²) >= 11 is 0. The highest BCUT2D eigenvalue weighted by Gasteiger charge is 2.23. The Labute approximate surface area is 109 Å². The van der Waals surface area contributed by atoms with Gasteiger partial charge in [-0.15, -0.1) is 0 Å². The maximum absolute atomic E-state index is 12.2. The highest BCUT2D eigenvalue weighted by atomic mass is 35.7. The Morgan fingerprint density at radius 3 is 2.22 bits per heavy atom. The van der Waals surface area contributed by atoms with Crippen LogP contribution in [0.1, 0.15) is 26.3 Å². The zero-order chi connectivity index (χ0) is 14.1. The van der Waals surface area contributed by atoms with Crippen LogP contribution >= 0.6 is 10.7 Å². The number of halogens is 3. The second-order valence-electron chi connectivity index (χ2n) is 4.73. The van der Waals surface area contributed by atoms with E-state index < -0.39 is 26.3 Å². The van der Waals surface area contributed by atoms with Crippen LogP contribution in [0.25, 0.3) is 0 Å². The predicted octanol–water partition coefficient (Wildman–Crippen LogP) is 3.51. The molecule has 0 aliphatic heterocycles. The van der Waals surface area contributed by atoms with Crippen molar-refractivity contribution in [2.24, 2.45) is 0 Å². The lowest BCUT2D eigenvalue weighted by Crippen LogP contribution is -2.13. The van der Waals surface area contributed by atoms with Crippen LogP contribution in [-0.2, 0) is 14.5 Å². The number of hydrogen-bond acceptors (Lipinski definition) is 3. The molecule has 0 bridgehead atoms. The first-order chi connectivity index (χ1) is 8.01. The Balaban J connectivity index is 3.40. The maximum atomic E-state index is 12.2. The molecule has 102 valence electrons. The molecule has 0 saturated carbocycles. The standard InChI is InChI=1S/C11H13ClF2O3S/c1-11(2,3)7-4-5-8(17-10(13)14)9(6-7)18(12,15)16/h4-6,10H,1-3H3. The SMILES string of the molecule is CC(C)(C)c1ccc(OC(F)F)c(S(=O)(=O)Cl)c1. The zero-order valence-electron chi connectivity index (χ0n) is 10.1. The first-order valence-electron chi connectivity index (χ1n) is 5.06. The van der Waals surface area contributed by atoms with Gasteiger partial charge in [0.05, 0.1) is 0 Å². The van der Waals surface area contributed by atoms with Crippen LogP contribution in [0, 0.1) is 0 Å². The van der Waals surface area contributed by atoms with Gasteiger partial charge < -0.3 is 4.74 Å². The fraction of sp³-hybridized carbons (Fsp3) is 0.455. The fourth-order valence-corrected chi connectivity index (χ4v) is 2.34. The Kier molecular flexibility index (Phi) is 4.23. The van der Waals surface area contributed by atoms with E-state index in [1.165, 1.54) is 18.2 Å². The molecular weight excluding hydrogens is 286 g/mol. The summed E-state index contributed by atoms with van der Waals surface area (Å²) in [6, 6.07) is 3.96. The first-order valence-corrected chi connectivity index (χ1v) is 7.37. The molecule has 1 aromatic rings. The van der Waals surface area contributed by atoms with Crippen LogP contribution in [-0.4, -0.2) is 15.0 Å². The van der Waals surface area contributed by atoms with Gasteiger partial charge in [-0.25, -0.2) is 8.42 Å². The van der Waals surface area contributed by atoms with E-state index >= 15 is 0 Å². The van der Waals surface area contributed by atoms with E-state index in [1.54, 1.807) is 0 Å². The third-order valence-electron chi connectivity index (χ3n) is 2.29. The van der Waals surface area contributed by atoms with Gasteiger partial charge in [-0.3, -0.25) is 0 Å². The number of hydrogen-bond donors (Lipinski definition) is 0. The number of rotatable bonds is 3. The number of benzene rings is 1. The van der Waals surface area contributed by atoms with Gasteiger partial charge >= 0.3 is 6.61 Å². The predicted molar refractivity (Wildman–Crippen MR) is 64.8 cm³/mol. The molecule has 0 unspecified atom stereocenters. The average molecular weight is 299 g/mol. The first kappa shape index (κ1) is 15.2. The molecule has 1 rings (SSSR count). The van der Waals surface area contributed by atoms with Gasteiger partial charge in [0.25, 0.3) is 9.05 Å². The van der Waals surface area contributed by atoms with Crippen molar-refractivity contribution < 1.29 is 21.9 Å². The van der Waals surface area contributed by atoms with Gasteiger partial charge in [0, 0.05) is 10.7 Å². The quantitative estimate of drug-likeness (QED) is 0.802. The molecule has 0 aliphatic carbocycles. The van der Waals surface area contributed by atoms with E-state index in [2.05, 4.69) is 4.74 Å².